The second-order valence-electron chi connectivity index (χ2n) is 7.37. The first-order valence-electron chi connectivity index (χ1n) is 9.35. The van der Waals surface area contributed by atoms with Gasteiger partial charge >= 0.3 is 6.09 Å². The van der Waals surface area contributed by atoms with Crippen molar-refractivity contribution in [3.63, 3.8) is 0 Å². The van der Waals surface area contributed by atoms with Crippen molar-refractivity contribution in [2.24, 2.45) is 5.41 Å². The minimum Gasteiger partial charge on any atom is -0.449 e. The largest absolute Gasteiger partial charge is 0.449 e. The lowest BCUT2D eigenvalue weighted by molar-refractivity contribution is -0.139. The molecule has 0 bridgehead atoms. The maximum absolute atomic E-state index is 12.4. The third-order valence-corrected chi connectivity index (χ3v) is 5.31. The third-order valence-electron chi connectivity index (χ3n) is 5.31. The Hall–Kier alpha value is -2.04. The van der Waals surface area contributed by atoms with E-state index >= 15 is 0 Å². The molecule has 1 atom stereocenters. The molecule has 1 aromatic carbocycles. The molecule has 0 aliphatic carbocycles. The van der Waals surface area contributed by atoms with Crippen LogP contribution in [-0.4, -0.2) is 48.0 Å². The van der Waals surface area contributed by atoms with Crippen LogP contribution in [0.15, 0.2) is 30.3 Å². The molecule has 0 N–H and O–H groups in total. The van der Waals surface area contributed by atoms with Gasteiger partial charge in [0.15, 0.2) is 0 Å². The van der Waals surface area contributed by atoms with E-state index in [-0.39, 0.29) is 17.4 Å². The Kier molecular flexibility index (Phi) is 5.61. The summed E-state index contributed by atoms with van der Waals surface area (Å²) < 4.78 is 5.31. The number of rotatable bonds is 4. The first kappa shape index (κ1) is 17.8. The molecule has 0 unspecified atom stereocenters. The first-order valence-corrected chi connectivity index (χ1v) is 9.35. The van der Waals surface area contributed by atoms with E-state index in [4.69, 9.17) is 4.74 Å². The van der Waals surface area contributed by atoms with Gasteiger partial charge in [-0.1, -0.05) is 37.3 Å². The quantitative estimate of drug-likeness (QED) is 0.841. The number of ether oxygens (including phenoxy) is 1. The van der Waals surface area contributed by atoms with E-state index in [0.29, 0.717) is 26.1 Å². The maximum atomic E-state index is 12.4. The minimum atomic E-state index is -0.201. The molecule has 25 heavy (non-hydrogen) atoms. The molecule has 5 nitrogen and oxygen atoms in total. The van der Waals surface area contributed by atoms with E-state index in [1.54, 1.807) is 0 Å². The fourth-order valence-corrected chi connectivity index (χ4v) is 4.03. The van der Waals surface area contributed by atoms with Gasteiger partial charge < -0.3 is 14.5 Å². The number of piperidine rings is 2. The Labute approximate surface area is 149 Å². The molecule has 136 valence electrons. The Bertz CT molecular complexity index is 604. The number of hydrogen-bond acceptors (Lipinski definition) is 3. The lowest BCUT2D eigenvalue weighted by atomic mass is 9.73. The molecule has 2 aliphatic rings. The van der Waals surface area contributed by atoms with Gasteiger partial charge in [-0.05, 0) is 31.2 Å². The average Bonchev–Trinajstić information content (AvgIpc) is 2.64. The molecule has 0 saturated carbocycles. The van der Waals surface area contributed by atoms with E-state index in [1.807, 2.05) is 34.9 Å². The van der Waals surface area contributed by atoms with Gasteiger partial charge in [0, 0.05) is 38.0 Å². The number of amides is 2. The molecule has 5 heteroatoms. The number of carbonyl (C=O) groups excluding carboxylic acids is 2. The average molecular weight is 344 g/mol. The summed E-state index contributed by atoms with van der Waals surface area (Å²) in [4.78, 5) is 28.5. The van der Waals surface area contributed by atoms with Gasteiger partial charge in [0.2, 0.25) is 5.91 Å². The number of hydrogen-bond donors (Lipinski definition) is 0. The van der Waals surface area contributed by atoms with Gasteiger partial charge in [0.05, 0.1) is 6.61 Å². The summed E-state index contributed by atoms with van der Waals surface area (Å²) in [5, 5.41) is 0. The Balaban J connectivity index is 1.66. The third kappa shape index (κ3) is 4.33. The van der Waals surface area contributed by atoms with Gasteiger partial charge in [0.1, 0.15) is 0 Å². The first-order chi connectivity index (χ1) is 12.1. The van der Waals surface area contributed by atoms with E-state index in [9.17, 15) is 9.59 Å². The second-order valence-corrected chi connectivity index (χ2v) is 7.37. The van der Waals surface area contributed by atoms with E-state index in [1.165, 1.54) is 0 Å². The van der Waals surface area contributed by atoms with Gasteiger partial charge in [-0.2, -0.15) is 0 Å². The highest BCUT2D eigenvalue weighted by atomic mass is 16.6. The molecular formula is C20H28N2O3. The fourth-order valence-electron chi connectivity index (χ4n) is 4.03. The van der Waals surface area contributed by atoms with Crippen molar-refractivity contribution >= 4 is 12.0 Å². The Morgan fingerprint density at radius 3 is 2.76 bits per heavy atom. The summed E-state index contributed by atoms with van der Waals surface area (Å²) in [7, 11) is 0. The van der Waals surface area contributed by atoms with Crippen molar-refractivity contribution in [3.8, 4) is 0 Å². The molecule has 2 amide bonds. The Morgan fingerprint density at radius 1 is 1.20 bits per heavy atom. The summed E-state index contributed by atoms with van der Waals surface area (Å²) in [6, 6.07) is 10.1. The zero-order valence-electron chi connectivity index (χ0n) is 15.1. The van der Waals surface area contributed by atoms with Crippen LogP contribution in [0, 0.1) is 5.41 Å². The van der Waals surface area contributed by atoms with Crippen LogP contribution < -0.4 is 0 Å². The normalized spacial score (nSPS) is 23.8. The molecule has 1 aromatic rings. The van der Waals surface area contributed by atoms with Crippen molar-refractivity contribution in [1.82, 2.24) is 9.80 Å². The molecule has 2 heterocycles. The Morgan fingerprint density at radius 2 is 2.00 bits per heavy atom. The lowest BCUT2D eigenvalue weighted by Gasteiger charge is -2.47. The molecule has 2 fully saturated rings. The van der Waals surface area contributed by atoms with E-state index in [2.05, 4.69) is 12.1 Å². The standard InChI is InChI=1S/C20H28N2O3/c1-2-13-25-19(24)21-12-6-10-20(15-21)11-9-18(23)22(16-20)14-17-7-4-3-5-8-17/h3-5,7-8H,2,6,9-16H2,1H3/t20-/m0/s1. The van der Waals surface area contributed by atoms with Crippen molar-refractivity contribution in [2.75, 3.05) is 26.2 Å². The number of likely N-dealkylation sites (tertiary alicyclic amines) is 2. The highest BCUT2D eigenvalue weighted by Crippen LogP contribution is 2.39. The van der Waals surface area contributed by atoms with Crippen LogP contribution in [-0.2, 0) is 16.1 Å². The number of benzene rings is 1. The SMILES string of the molecule is CCCOC(=O)N1CCC[C@]2(CCC(=O)N(Cc3ccccc3)C2)C1. The van der Waals surface area contributed by atoms with Crippen LogP contribution in [0.1, 0.15) is 44.6 Å². The fraction of sp³-hybridized carbons (Fsp3) is 0.600. The predicted molar refractivity (Wildman–Crippen MR) is 96.0 cm³/mol. The molecule has 2 saturated heterocycles. The monoisotopic (exact) mass is 344 g/mol. The summed E-state index contributed by atoms with van der Waals surface area (Å²) >= 11 is 0. The smallest absolute Gasteiger partial charge is 0.409 e. The number of nitrogens with zero attached hydrogens (tertiary/aromatic N) is 2. The van der Waals surface area contributed by atoms with Crippen LogP contribution in [0.5, 0.6) is 0 Å². The maximum Gasteiger partial charge on any atom is 0.409 e. The van der Waals surface area contributed by atoms with Crippen LogP contribution >= 0.6 is 0 Å². The molecule has 0 radical (unpaired) electrons. The summed E-state index contributed by atoms with van der Waals surface area (Å²) in [5.74, 6) is 0.222. The van der Waals surface area contributed by atoms with Crippen LogP contribution in [0.3, 0.4) is 0 Å². The second kappa shape index (κ2) is 7.89. The zero-order chi connectivity index (χ0) is 17.7. The molecular weight excluding hydrogens is 316 g/mol. The molecule has 1 spiro atoms. The molecule has 2 aliphatic heterocycles. The van der Waals surface area contributed by atoms with E-state index < -0.39 is 0 Å². The van der Waals surface area contributed by atoms with Crippen LogP contribution in [0.25, 0.3) is 0 Å². The topological polar surface area (TPSA) is 49.9 Å². The molecule has 3 rings (SSSR count). The molecule has 0 aromatic heterocycles. The highest BCUT2D eigenvalue weighted by Gasteiger charge is 2.43. The zero-order valence-corrected chi connectivity index (χ0v) is 15.1. The van der Waals surface area contributed by atoms with E-state index in [0.717, 1.165) is 44.3 Å². The summed E-state index contributed by atoms with van der Waals surface area (Å²) in [5.41, 5.74) is 1.18. The lowest BCUT2D eigenvalue weighted by Crippen LogP contribution is -2.54. The summed E-state index contributed by atoms with van der Waals surface area (Å²) in [6.07, 6.45) is 4.13. The van der Waals surface area contributed by atoms with Gasteiger partial charge in [0.25, 0.3) is 0 Å². The van der Waals surface area contributed by atoms with Crippen molar-refractivity contribution in [2.45, 2.75) is 45.6 Å². The van der Waals surface area contributed by atoms with Crippen LogP contribution in [0.4, 0.5) is 4.79 Å². The van der Waals surface area contributed by atoms with Crippen LogP contribution in [0.2, 0.25) is 0 Å². The summed E-state index contributed by atoms with van der Waals surface area (Å²) in [6.45, 7) is 5.32. The van der Waals surface area contributed by atoms with Gasteiger partial charge in [-0.3, -0.25) is 4.79 Å². The minimum absolute atomic E-state index is 0.0200. The highest BCUT2D eigenvalue weighted by molar-refractivity contribution is 5.77. The van der Waals surface area contributed by atoms with Crippen molar-refractivity contribution < 1.29 is 14.3 Å². The number of carbonyl (C=O) groups is 2. The predicted octanol–water partition coefficient (Wildman–Crippen LogP) is 3.44. The van der Waals surface area contributed by atoms with Crippen molar-refractivity contribution in [3.05, 3.63) is 35.9 Å². The van der Waals surface area contributed by atoms with Gasteiger partial charge in [-0.15, -0.1) is 0 Å². The van der Waals surface area contributed by atoms with Gasteiger partial charge in [-0.25, -0.2) is 4.79 Å². The van der Waals surface area contributed by atoms with Crippen molar-refractivity contribution in [1.29, 1.82) is 0 Å².